The number of nitrogens with one attached hydrogen (secondary N) is 1. The number of pyridine rings is 1. The van der Waals surface area contributed by atoms with E-state index in [-0.39, 0.29) is 5.02 Å². The average Bonchev–Trinajstić information content (AvgIpc) is 2.43. The van der Waals surface area contributed by atoms with Crippen molar-refractivity contribution in [2.75, 3.05) is 6.54 Å². The Morgan fingerprint density at radius 2 is 2.00 bits per heavy atom. The smallest absolute Gasteiger partial charge is 0.219 e. The van der Waals surface area contributed by atoms with E-state index in [1.54, 1.807) is 12.1 Å². The van der Waals surface area contributed by atoms with Crippen molar-refractivity contribution >= 4 is 23.2 Å². The van der Waals surface area contributed by atoms with Gasteiger partial charge in [-0.3, -0.25) is 0 Å². The molecule has 0 aliphatic rings. The minimum atomic E-state index is -0.490. The van der Waals surface area contributed by atoms with Crippen molar-refractivity contribution in [3.63, 3.8) is 0 Å². The standard InChI is InChI=1S/C14H13Cl2FN2O/c1-2-18-8-13-10(15)4-6-14(19-13)20-9-3-5-12(17)11(16)7-9/h3-7,18H,2,8H2,1H3. The summed E-state index contributed by atoms with van der Waals surface area (Å²) in [6, 6.07) is 7.49. The topological polar surface area (TPSA) is 34.2 Å². The first-order chi connectivity index (χ1) is 9.60. The molecular formula is C14H13Cl2FN2O. The molecular weight excluding hydrogens is 302 g/mol. The van der Waals surface area contributed by atoms with Crippen molar-refractivity contribution in [1.29, 1.82) is 0 Å². The first-order valence-corrected chi connectivity index (χ1v) is 6.84. The quantitative estimate of drug-likeness (QED) is 0.886. The summed E-state index contributed by atoms with van der Waals surface area (Å²) in [5.41, 5.74) is 0.694. The van der Waals surface area contributed by atoms with Crippen LogP contribution in [0.3, 0.4) is 0 Å². The highest BCUT2D eigenvalue weighted by atomic mass is 35.5. The number of hydrogen-bond acceptors (Lipinski definition) is 3. The Morgan fingerprint density at radius 1 is 1.20 bits per heavy atom. The van der Waals surface area contributed by atoms with Crippen molar-refractivity contribution < 1.29 is 9.13 Å². The number of hydrogen-bond donors (Lipinski definition) is 1. The lowest BCUT2D eigenvalue weighted by Crippen LogP contribution is -2.13. The van der Waals surface area contributed by atoms with Gasteiger partial charge in [-0.05, 0) is 24.7 Å². The molecule has 0 unspecified atom stereocenters. The van der Waals surface area contributed by atoms with E-state index < -0.39 is 5.82 Å². The van der Waals surface area contributed by atoms with E-state index in [4.69, 9.17) is 27.9 Å². The van der Waals surface area contributed by atoms with E-state index in [2.05, 4.69) is 10.3 Å². The fourth-order valence-corrected chi connectivity index (χ4v) is 1.89. The van der Waals surface area contributed by atoms with Gasteiger partial charge in [0.1, 0.15) is 11.6 Å². The van der Waals surface area contributed by atoms with Gasteiger partial charge in [-0.2, -0.15) is 0 Å². The molecule has 0 saturated heterocycles. The number of aromatic nitrogens is 1. The maximum absolute atomic E-state index is 13.1. The summed E-state index contributed by atoms with van der Waals surface area (Å²) in [5.74, 6) is 0.307. The lowest BCUT2D eigenvalue weighted by molar-refractivity contribution is 0.458. The van der Waals surface area contributed by atoms with Gasteiger partial charge in [0.25, 0.3) is 0 Å². The molecule has 0 aliphatic carbocycles. The number of nitrogens with zero attached hydrogens (tertiary/aromatic N) is 1. The van der Waals surface area contributed by atoms with E-state index in [0.29, 0.717) is 28.9 Å². The number of rotatable bonds is 5. The second kappa shape index (κ2) is 6.88. The molecule has 0 amide bonds. The van der Waals surface area contributed by atoms with Gasteiger partial charge in [0.2, 0.25) is 5.88 Å². The Bertz CT molecular complexity index is 608. The summed E-state index contributed by atoms with van der Waals surface area (Å²) in [4.78, 5) is 4.30. The molecule has 20 heavy (non-hydrogen) atoms. The summed E-state index contributed by atoms with van der Waals surface area (Å²) in [6.07, 6.45) is 0. The molecule has 0 fully saturated rings. The van der Waals surface area contributed by atoms with Crippen LogP contribution in [0.2, 0.25) is 10.0 Å². The van der Waals surface area contributed by atoms with Crippen LogP contribution < -0.4 is 10.1 Å². The lowest BCUT2D eigenvalue weighted by Gasteiger charge is -2.09. The molecule has 0 radical (unpaired) electrons. The molecule has 1 N–H and O–H groups in total. The summed E-state index contributed by atoms with van der Waals surface area (Å²) < 4.78 is 18.6. The molecule has 1 aromatic carbocycles. The third kappa shape index (κ3) is 3.82. The van der Waals surface area contributed by atoms with Crippen molar-refractivity contribution in [2.45, 2.75) is 13.5 Å². The van der Waals surface area contributed by atoms with Gasteiger partial charge in [-0.15, -0.1) is 0 Å². The second-order valence-corrected chi connectivity index (χ2v) is 4.85. The van der Waals surface area contributed by atoms with Crippen LogP contribution in [-0.4, -0.2) is 11.5 Å². The van der Waals surface area contributed by atoms with Gasteiger partial charge in [-0.25, -0.2) is 9.37 Å². The van der Waals surface area contributed by atoms with Crippen molar-refractivity contribution in [3.05, 3.63) is 51.9 Å². The van der Waals surface area contributed by atoms with Crippen LogP contribution in [0.25, 0.3) is 0 Å². The van der Waals surface area contributed by atoms with Gasteiger partial charge in [-0.1, -0.05) is 30.1 Å². The number of halogens is 3. The summed E-state index contributed by atoms with van der Waals surface area (Å²) in [7, 11) is 0. The van der Waals surface area contributed by atoms with E-state index in [0.717, 1.165) is 6.54 Å². The highest BCUT2D eigenvalue weighted by molar-refractivity contribution is 6.31. The maximum atomic E-state index is 13.1. The molecule has 6 heteroatoms. The zero-order valence-electron chi connectivity index (χ0n) is 10.8. The zero-order chi connectivity index (χ0) is 14.5. The molecule has 0 atom stereocenters. The minimum absolute atomic E-state index is 0.00402. The average molecular weight is 315 g/mol. The van der Waals surface area contributed by atoms with E-state index in [1.807, 2.05) is 6.92 Å². The van der Waals surface area contributed by atoms with Crippen LogP contribution in [0, 0.1) is 5.82 Å². The van der Waals surface area contributed by atoms with Crippen molar-refractivity contribution in [2.24, 2.45) is 0 Å². The van der Waals surface area contributed by atoms with E-state index in [1.165, 1.54) is 18.2 Å². The Morgan fingerprint density at radius 3 is 2.70 bits per heavy atom. The van der Waals surface area contributed by atoms with E-state index in [9.17, 15) is 4.39 Å². The first kappa shape index (κ1) is 15.0. The predicted molar refractivity (Wildman–Crippen MR) is 78.1 cm³/mol. The first-order valence-electron chi connectivity index (χ1n) is 6.09. The molecule has 1 heterocycles. The highest BCUT2D eigenvalue weighted by Gasteiger charge is 2.07. The van der Waals surface area contributed by atoms with Crippen LogP contribution in [0.4, 0.5) is 4.39 Å². The van der Waals surface area contributed by atoms with Crippen LogP contribution in [0.1, 0.15) is 12.6 Å². The van der Waals surface area contributed by atoms with Crippen molar-refractivity contribution in [3.8, 4) is 11.6 Å². The molecule has 2 aromatic rings. The predicted octanol–water partition coefficient (Wildman–Crippen LogP) is 4.43. The third-order valence-corrected chi connectivity index (χ3v) is 3.18. The van der Waals surface area contributed by atoms with Gasteiger partial charge < -0.3 is 10.1 Å². The summed E-state index contributed by atoms with van der Waals surface area (Å²) >= 11 is 11.8. The number of benzene rings is 1. The van der Waals surface area contributed by atoms with Gasteiger partial charge in [0, 0.05) is 18.7 Å². The third-order valence-electron chi connectivity index (χ3n) is 2.55. The largest absolute Gasteiger partial charge is 0.439 e. The lowest BCUT2D eigenvalue weighted by atomic mass is 10.3. The monoisotopic (exact) mass is 314 g/mol. The zero-order valence-corrected chi connectivity index (χ0v) is 12.3. The SMILES string of the molecule is CCNCc1nc(Oc2ccc(F)c(Cl)c2)ccc1Cl. The molecule has 0 aliphatic heterocycles. The Labute approximate surface area is 126 Å². The Balaban J connectivity index is 2.18. The molecule has 0 saturated carbocycles. The fourth-order valence-electron chi connectivity index (χ4n) is 1.55. The highest BCUT2D eigenvalue weighted by Crippen LogP contribution is 2.26. The van der Waals surface area contributed by atoms with Crippen LogP contribution in [0.5, 0.6) is 11.6 Å². The van der Waals surface area contributed by atoms with Crippen LogP contribution in [-0.2, 0) is 6.54 Å². The molecule has 3 nitrogen and oxygen atoms in total. The van der Waals surface area contributed by atoms with Crippen LogP contribution in [0.15, 0.2) is 30.3 Å². The van der Waals surface area contributed by atoms with E-state index >= 15 is 0 Å². The molecule has 106 valence electrons. The molecule has 2 rings (SSSR count). The second-order valence-electron chi connectivity index (χ2n) is 4.04. The van der Waals surface area contributed by atoms with Crippen molar-refractivity contribution in [1.82, 2.24) is 10.3 Å². The van der Waals surface area contributed by atoms with Gasteiger partial charge >= 0.3 is 0 Å². The molecule has 0 spiro atoms. The summed E-state index contributed by atoms with van der Waals surface area (Å²) in [6.45, 7) is 3.36. The Hall–Kier alpha value is -1.36. The maximum Gasteiger partial charge on any atom is 0.219 e. The number of ether oxygens (including phenoxy) is 1. The fraction of sp³-hybridized carbons (Fsp3) is 0.214. The van der Waals surface area contributed by atoms with Gasteiger partial charge in [0.15, 0.2) is 0 Å². The normalized spacial score (nSPS) is 10.6. The summed E-state index contributed by atoms with van der Waals surface area (Å²) in [5, 5.41) is 3.71. The Kier molecular flexibility index (Phi) is 5.17. The van der Waals surface area contributed by atoms with Gasteiger partial charge in [0.05, 0.1) is 15.7 Å². The molecule has 0 bridgehead atoms. The minimum Gasteiger partial charge on any atom is -0.439 e. The molecule has 1 aromatic heterocycles. The van der Waals surface area contributed by atoms with Crippen LogP contribution >= 0.6 is 23.2 Å².